The Labute approximate surface area is 118 Å². The molecular formula is C14H19N5O. The van der Waals surface area contributed by atoms with Crippen molar-refractivity contribution in [3.63, 3.8) is 0 Å². The molecule has 0 aromatic carbocycles. The summed E-state index contributed by atoms with van der Waals surface area (Å²) in [5.41, 5.74) is 0.559. The summed E-state index contributed by atoms with van der Waals surface area (Å²) in [5.74, 6) is 0.656. The maximum Gasteiger partial charge on any atom is 0.253 e. The number of amides is 1. The molecule has 0 fully saturated rings. The lowest BCUT2D eigenvalue weighted by atomic mass is 10.2. The Morgan fingerprint density at radius 1 is 1.45 bits per heavy atom. The van der Waals surface area contributed by atoms with Crippen LogP contribution in [0, 0.1) is 0 Å². The minimum atomic E-state index is -0.117. The van der Waals surface area contributed by atoms with E-state index in [4.69, 9.17) is 0 Å². The molecule has 1 unspecified atom stereocenters. The topological polar surface area (TPSA) is 71.8 Å². The zero-order valence-corrected chi connectivity index (χ0v) is 11.7. The molecule has 20 heavy (non-hydrogen) atoms. The normalized spacial score (nSPS) is 11.9. The van der Waals surface area contributed by atoms with Crippen LogP contribution in [0.5, 0.6) is 0 Å². The van der Waals surface area contributed by atoms with Crippen molar-refractivity contribution in [1.29, 1.82) is 0 Å². The number of nitrogens with zero attached hydrogens (tertiary/aromatic N) is 3. The molecule has 106 valence electrons. The van der Waals surface area contributed by atoms with Crippen molar-refractivity contribution in [1.82, 2.24) is 19.9 Å². The van der Waals surface area contributed by atoms with Crippen molar-refractivity contribution in [2.45, 2.75) is 26.4 Å². The smallest absolute Gasteiger partial charge is 0.253 e. The van der Waals surface area contributed by atoms with Crippen molar-refractivity contribution in [2.24, 2.45) is 0 Å². The standard InChI is InChI=1S/C14H19N5O/c1-3-16-13-5-4-12(8-17-13)14(20)18-11(2)9-19-7-6-15-10-19/h4-8,10-11H,3,9H2,1-2H3,(H,16,17)(H,18,20). The first-order chi connectivity index (χ1) is 9.69. The molecule has 0 radical (unpaired) electrons. The number of aromatic nitrogens is 3. The lowest BCUT2D eigenvalue weighted by molar-refractivity contribution is 0.0936. The monoisotopic (exact) mass is 273 g/mol. The molecule has 0 aliphatic rings. The molecule has 2 rings (SSSR count). The molecule has 0 saturated heterocycles. The number of anilines is 1. The van der Waals surface area contributed by atoms with E-state index in [9.17, 15) is 4.79 Å². The molecule has 0 saturated carbocycles. The number of imidazole rings is 1. The highest BCUT2D eigenvalue weighted by Gasteiger charge is 2.10. The van der Waals surface area contributed by atoms with Gasteiger partial charge in [0.2, 0.25) is 0 Å². The van der Waals surface area contributed by atoms with E-state index < -0.39 is 0 Å². The van der Waals surface area contributed by atoms with Crippen LogP contribution in [0.25, 0.3) is 0 Å². The van der Waals surface area contributed by atoms with Crippen molar-refractivity contribution in [2.75, 3.05) is 11.9 Å². The molecule has 2 aromatic rings. The molecule has 2 heterocycles. The second kappa shape index (κ2) is 6.70. The molecular weight excluding hydrogens is 254 g/mol. The van der Waals surface area contributed by atoms with Crippen LogP contribution in [0.4, 0.5) is 5.82 Å². The van der Waals surface area contributed by atoms with Crippen molar-refractivity contribution in [3.8, 4) is 0 Å². The highest BCUT2D eigenvalue weighted by atomic mass is 16.1. The van der Waals surface area contributed by atoms with Crippen molar-refractivity contribution in [3.05, 3.63) is 42.6 Å². The van der Waals surface area contributed by atoms with Gasteiger partial charge in [0.05, 0.1) is 11.9 Å². The number of carbonyl (C=O) groups excluding carboxylic acids is 1. The van der Waals surface area contributed by atoms with Crippen molar-refractivity contribution >= 4 is 11.7 Å². The summed E-state index contributed by atoms with van der Waals surface area (Å²) in [6, 6.07) is 3.59. The summed E-state index contributed by atoms with van der Waals surface area (Å²) < 4.78 is 1.93. The third-order valence-corrected chi connectivity index (χ3v) is 2.80. The van der Waals surface area contributed by atoms with Gasteiger partial charge in [-0.3, -0.25) is 4.79 Å². The predicted octanol–water partition coefficient (Wildman–Crippen LogP) is 1.53. The van der Waals surface area contributed by atoms with Gasteiger partial charge in [0, 0.05) is 37.7 Å². The van der Waals surface area contributed by atoms with Gasteiger partial charge in [0.15, 0.2) is 0 Å². The van der Waals surface area contributed by atoms with Crippen LogP contribution >= 0.6 is 0 Å². The van der Waals surface area contributed by atoms with Gasteiger partial charge in [-0.05, 0) is 26.0 Å². The van der Waals surface area contributed by atoms with Crippen LogP contribution in [-0.2, 0) is 6.54 Å². The van der Waals surface area contributed by atoms with Gasteiger partial charge in [0.1, 0.15) is 5.82 Å². The molecule has 6 heteroatoms. The Hall–Kier alpha value is -2.37. The largest absolute Gasteiger partial charge is 0.370 e. The number of nitrogens with one attached hydrogen (secondary N) is 2. The Bertz CT molecular complexity index is 535. The van der Waals surface area contributed by atoms with E-state index in [1.165, 1.54) is 0 Å². The number of rotatable bonds is 6. The minimum absolute atomic E-state index is 0.0187. The van der Waals surface area contributed by atoms with Gasteiger partial charge in [-0.2, -0.15) is 0 Å². The van der Waals surface area contributed by atoms with Crippen molar-refractivity contribution < 1.29 is 4.79 Å². The molecule has 0 bridgehead atoms. The Kier molecular flexibility index (Phi) is 4.70. The molecule has 1 amide bonds. The highest BCUT2D eigenvalue weighted by Crippen LogP contribution is 2.05. The molecule has 0 spiro atoms. The first-order valence-corrected chi connectivity index (χ1v) is 6.65. The summed E-state index contributed by atoms with van der Waals surface area (Å²) in [4.78, 5) is 20.2. The SMILES string of the molecule is CCNc1ccc(C(=O)NC(C)Cn2ccnc2)cn1. The second-order valence-corrected chi connectivity index (χ2v) is 4.60. The fraction of sp³-hybridized carbons (Fsp3) is 0.357. The molecule has 2 aromatic heterocycles. The van der Waals surface area contributed by atoms with Gasteiger partial charge >= 0.3 is 0 Å². The van der Waals surface area contributed by atoms with Gasteiger partial charge < -0.3 is 15.2 Å². The van der Waals surface area contributed by atoms with Gasteiger partial charge in [-0.25, -0.2) is 9.97 Å². The Morgan fingerprint density at radius 3 is 2.90 bits per heavy atom. The quantitative estimate of drug-likeness (QED) is 0.837. The minimum Gasteiger partial charge on any atom is -0.370 e. The van der Waals surface area contributed by atoms with E-state index in [0.717, 1.165) is 12.4 Å². The summed E-state index contributed by atoms with van der Waals surface area (Å²) in [7, 11) is 0. The summed E-state index contributed by atoms with van der Waals surface area (Å²) in [5, 5.41) is 6.03. The zero-order valence-electron chi connectivity index (χ0n) is 11.7. The van der Waals surface area contributed by atoms with E-state index in [1.54, 1.807) is 30.9 Å². The molecule has 0 aliphatic heterocycles. The fourth-order valence-electron chi connectivity index (χ4n) is 1.88. The van der Waals surface area contributed by atoms with Crippen LogP contribution in [0.3, 0.4) is 0 Å². The summed E-state index contributed by atoms with van der Waals surface area (Å²) >= 11 is 0. The van der Waals surface area contributed by atoms with Gasteiger partial charge in [0.25, 0.3) is 5.91 Å². The van der Waals surface area contributed by atoms with E-state index in [2.05, 4.69) is 20.6 Å². The number of carbonyl (C=O) groups is 1. The molecule has 0 aliphatic carbocycles. The van der Waals surface area contributed by atoms with E-state index in [-0.39, 0.29) is 11.9 Å². The number of hydrogen-bond acceptors (Lipinski definition) is 4. The first-order valence-electron chi connectivity index (χ1n) is 6.65. The van der Waals surface area contributed by atoms with Crippen LogP contribution in [0.15, 0.2) is 37.1 Å². The molecule has 2 N–H and O–H groups in total. The molecule has 1 atom stereocenters. The first kappa shape index (κ1) is 14.0. The second-order valence-electron chi connectivity index (χ2n) is 4.60. The van der Waals surface area contributed by atoms with E-state index in [0.29, 0.717) is 12.1 Å². The highest BCUT2D eigenvalue weighted by molar-refractivity contribution is 5.94. The summed E-state index contributed by atoms with van der Waals surface area (Å²) in [6.07, 6.45) is 6.90. The predicted molar refractivity (Wildman–Crippen MR) is 77.6 cm³/mol. The average molecular weight is 273 g/mol. The number of pyridine rings is 1. The lowest BCUT2D eigenvalue weighted by Crippen LogP contribution is -2.35. The third kappa shape index (κ3) is 3.81. The number of hydrogen-bond donors (Lipinski definition) is 2. The van der Waals surface area contributed by atoms with E-state index >= 15 is 0 Å². The Balaban J connectivity index is 1.90. The van der Waals surface area contributed by atoms with Gasteiger partial charge in [-0.1, -0.05) is 0 Å². The lowest BCUT2D eigenvalue weighted by Gasteiger charge is -2.14. The van der Waals surface area contributed by atoms with Crippen LogP contribution in [0.1, 0.15) is 24.2 Å². The summed E-state index contributed by atoms with van der Waals surface area (Å²) in [6.45, 7) is 5.45. The zero-order chi connectivity index (χ0) is 14.4. The van der Waals surface area contributed by atoms with Crippen LogP contribution in [0.2, 0.25) is 0 Å². The molecule has 6 nitrogen and oxygen atoms in total. The Morgan fingerprint density at radius 2 is 2.30 bits per heavy atom. The fourth-order valence-corrected chi connectivity index (χ4v) is 1.88. The van der Waals surface area contributed by atoms with Crippen LogP contribution in [-0.4, -0.2) is 33.0 Å². The van der Waals surface area contributed by atoms with E-state index in [1.807, 2.05) is 24.6 Å². The third-order valence-electron chi connectivity index (χ3n) is 2.80. The average Bonchev–Trinajstić information content (AvgIpc) is 2.92. The van der Waals surface area contributed by atoms with Crippen LogP contribution < -0.4 is 10.6 Å². The van der Waals surface area contributed by atoms with Gasteiger partial charge in [-0.15, -0.1) is 0 Å². The maximum absolute atomic E-state index is 12.1. The maximum atomic E-state index is 12.1.